The number of carboxylic acids is 1. The highest BCUT2D eigenvalue weighted by atomic mass is 16.4. The highest BCUT2D eigenvalue weighted by molar-refractivity contribution is 5.73. The molecule has 1 aliphatic rings. The molecule has 1 saturated carbocycles. The molecule has 1 atom stereocenters. The fourth-order valence-electron chi connectivity index (χ4n) is 1.58. The minimum Gasteiger partial charge on any atom is -0.480 e. The van der Waals surface area contributed by atoms with Gasteiger partial charge in [-0.25, -0.2) is 0 Å². The molecule has 0 aliphatic heterocycles. The van der Waals surface area contributed by atoms with Crippen molar-refractivity contribution in [2.75, 3.05) is 6.54 Å². The highest BCUT2D eigenvalue weighted by Crippen LogP contribution is 2.47. The smallest absolute Gasteiger partial charge is 0.320 e. The Bertz CT molecular complexity index is 187. The first-order valence-electron chi connectivity index (χ1n) is 5.10. The molecule has 0 aromatic heterocycles. The van der Waals surface area contributed by atoms with Crippen molar-refractivity contribution in [3.8, 4) is 0 Å². The van der Waals surface area contributed by atoms with Gasteiger partial charge in [-0.05, 0) is 31.1 Å². The average Bonchev–Trinajstić information content (AvgIpc) is 2.86. The molecular weight excluding hydrogens is 166 g/mol. The number of hydrogen-bond donors (Lipinski definition) is 2. The zero-order valence-corrected chi connectivity index (χ0v) is 8.47. The molecule has 2 N–H and O–H groups in total. The van der Waals surface area contributed by atoms with Gasteiger partial charge in [0.25, 0.3) is 0 Å². The predicted octanol–water partition coefficient (Wildman–Crippen LogP) is 1.63. The van der Waals surface area contributed by atoms with Gasteiger partial charge in [0, 0.05) is 6.54 Å². The predicted molar refractivity (Wildman–Crippen MR) is 51.7 cm³/mol. The molecule has 3 nitrogen and oxygen atoms in total. The van der Waals surface area contributed by atoms with Crippen LogP contribution >= 0.6 is 0 Å². The van der Waals surface area contributed by atoms with E-state index >= 15 is 0 Å². The Morgan fingerprint density at radius 3 is 2.46 bits per heavy atom. The Hall–Kier alpha value is -0.570. The van der Waals surface area contributed by atoms with Gasteiger partial charge in [-0.2, -0.15) is 0 Å². The van der Waals surface area contributed by atoms with Crippen molar-refractivity contribution in [1.29, 1.82) is 0 Å². The summed E-state index contributed by atoms with van der Waals surface area (Å²) in [5, 5.41) is 11.9. The van der Waals surface area contributed by atoms with E-state index < -0.39 is 5.97 Å². The van der Waals surface area contributed by atoms with Gasteiger partial charge in [0.1, 0.15) is 6.04 Å². The van der Waals surface area contributed by atoms with Crippen LogP contribution < -0.4 is 5.32 Å². The minimum absolute atomic E-state index is 0.357. The third kappa shape index (κ3) is 2.69. The number of aliphatic carboxylic acids is 1. The Morgan fingerprint density at radius 2 is 2.15 bits per heavy atom. The molecule has 1 rings (SSSR count). The fraction of sp³-hybridized carbons (Fsp3) is 0.900. The van der Waals surface area contributed by atoms with Crippen LogP contribution in [0.15, 0.2) is 0 Å². The van der Waals surface area contributed by atoms with Gasteiger partial charge in [-0.15, -0.1) is 0 Å². The molecule has 1 unspecified atom stereocenters. The Labute approximate surface area is 79.5 Å². The summed E-state index contributed by atoms with van der Waals surface area (Å²) in [7, 11) is 0. The van der Waals surface area contributed by atoms with Crippen LogP contribution in [0.4, 0.5) is 0 Å². The largest absolute Gasteiger partial charge is 0.480 e. The maximum Gasteiger partial charge on any atom is 0.320 e. The third-order valence-electron chi connectivity index (χ3n) is 3.14. The maximum absolute atomic E-state index is 10.7. The van der Waals surface area contributed by atoms with Gasteiger partial charge >= 0.3 is 5.97 Å². The van der Waals surface area contributed by atoms with E-state index in [0.29, 0.717) is 11.8 Å². The summed E-state index contributed by atoms with van der Waals surface area (Å²) in [6.45, 7) is 4.95. The summed E-state index contributed by atoms with van der Waals surface area (Å²) in [6, 6.07) is -0.357. The Balaban J connectivity index is 2.27. The Morgan fingerprint density at radius 1 is 1.54 bits per heavy atom. The van der Waals surface area contributed by atoms with Crippen molar-refractivity contribution in [2.45, 2.75) is 45.6 Å². The van der Waals surface area contributed by atoms with E-state index in [9.17, 15) is 4.79 Å². The molecule has 76 valence electrons. The van der Waals surface area contributed by atoms with Crippen LogP contribution in [0.1, 0.15) is 39.5 Å². The van der Waals surface area contributed by atoms with Crippen molar-refractivity contribution >= 4 is 5.97 Å². The molecule has 0 spiro atoms. The van der Waals surface area contributed by atoms with Crippen LogP contribution in [0.5, 0.6) is 0 Å². The molecule has 3 heteroatoms. The van der Waals surface area contributed by atoms with Crippen molar-refractivity contribution < 1.29 is 9.90 Å². The highest BCUT2D eigenvalue weighted by Gasteiger charge is 2.40. The van der Waals surface area contributed by atoms with Crippen molar-refractivity contribution in [3.63, 3.8) is 0 Å². The second-order valence-corrected chi connectivity index (χ2v) is 4.03. The number of nitrogens with one attached hydrogen (secondary N) is 1. The lowest BCUT2D eigenvalue weighted by Crippen LogP contribution is -2.39. The van der Waals surface area contributed by atoms with Crippen molar-refractivity contribution in [2.24, 2.45) is 5.41 Å². The lowest BCUT2D eigenvalue weighted by atomic mass is 10.0. The second-order valence-electron chi connectivity index (χ2n) is 4.03. The van der Waals surface area contributed by atoms with E-state index in [1.807, 2.05) is 6.92 Å². The molecule has 1 aliphatic carbocycles. The van der Waals surface area contributed by atoms with Gasteiger partial charge < -0.3 is 10.4 Å². The lowest BCUT2D eigenvalue weighted by Gasteiger charge is -2.17. The summed E-state index contributed by atoms with van der Waals surface area (Å²) >= 11 is 0. The second kappa shape index (κ2) is 4.09. The van der Waals surface area contributed by atoms with Crippen LogP contribution in [0.25, 0.3) is 0 Å². The summed E-state index contributed by atoms with van der Waals surface area (Å²) < 4.78 is 0. The van der Waals surface area contributed by atoms with E-state index in [0.717, 1.165) is 13.0 Å². The standard InChI is InChI=1S/C10H19NO2/c1-3-8(9(12)13)11-7-10(4-2)5-6-10/h8,11H,3-7H2,1-2H3,(H,12,13). The molecule has 0 bridgehead atoms. The number of carboxylic acid groups (broad SMARTS) is 1. The molecule has 0 heterocycles. The summed E-state index contributed by atoms with van der Waals surface area (Å²) in [5.41, 5.74) is 0.433. The Kier molecular flexibility index (Phi) is 3.31. The molecule has 0 aromatic carbocycles. The van der Waals surface area contributed by atoms with Gasteiger partial charge in [0.05, 0.1) is 0 Å². The van der Waals surface area contributed by atoms with Gasteiger partial charge in [-0.1, -0.05) is 13.8 Å². The normalized spacial score (nSPS) is 21.1. The van der Waals surface area contributed by atoms with E-state index in [1.54, 1.807) is 0 Å². The molecule has 0 saturated heterocycles. The summed E-state index contributed by atoms with van der Waals surface area (Å²) in [6.07, 6.45) is 4.34. The van der Waals surface area contributed by atoms with Gasteiger partial charge in [0.2, 0.25) is 0 Å². The monoisotopic (exact) mass is 185 g/mol. The lowest BCUT2D eigenvalue weighted by molar-refractivity contribution is -0.139. The molecule has 1 fully saturated rings. The van der Waals surface area contributed by atoms with E-state index in [1.165, 1.54) is 12.8 Å². The third-order valence-corrected chi connectivity index (χ3v) is 3.14. The van der Waals surface area contributed by atoms with E-state index in [-0.39, 0.29) is 6.04 Å². The first kappa shape index (κ1) is 10.5. The SMILES string of the molecule is CCC(NCC1(CC)CC1)C(=O)O. The average molecular weight is 185 g/mol. The molecule has 0 aromatic rings. The quantitative estimate of drug-likeness (QED) is 0.661. The van der Waals surface area contributed by atoms with Crippen LogP contribution in [0.2, 0.25) is 0 Å². The van der Waals surface area contributed by atoms with E-state index in [2.05, 4.69) is 12.2 Å². The fourth-order valence-corrected chi connectivity index (χ4v) is 1.58. The summed E-state index contributed by atoms with van der Waals surface area (Å²) in [5.74, 6) is -0.727. The number of carbonyl (C=O) groups is 1. The zero-order chi connectivity index (χ0) is 9.90. The topological polar surface area (TPSA) is 49.3 Å². The van der Waals surface area contributed by atoms with Crippen molar-refractivity contribution in [3.05, 3.63) is 0 Å². The minimum atomic E-state index is -0.727. The van der Waals surface area contributed by atoms with Gasteiger partial charge in [-0.3, -0.25) is 4.79 Å². The zero-order valence-electron chi connectivity index (χ0n) is 8.47. The number of hydrogen-bond acceptors (Lipinski definition) is 2. The van der Waals surface area contributed by atoms with Crippen LogP contribution in [0, 0.1) is 5.41 Å². The van der Waals surface area contributed by atoms with Crippen LogP contribution in [0.3, 0.4) is 0 Å². The van der Waals surface area contributed by atoms with Crippen LogP contribution in [-0.4, -0.2) is 23.7 Å². The first-order chi connectivity index (χ1) is 6.13. The summed E-state index contributed by atoms with van der Waals surface area (Å²) in [4.78, 5) is 10.7. The molecule has 0 amide bonds. The first-order valence-corrected chi connectivity index (χ1v) is 5.10. The van der Waals surface area contributed by atoms with Crippen LogP contribution in [-0.2, 0) is 4.79 Å². The molecule has 0 radical (unpaired) electrons. The molecular formula is C10H19NO2. The maximum atomic E-state index is 10.7. The van der Waals surface area contributed by atoms with E-state index in [4.69, 9.17) is 5.11 Å². The van der Waals surface area contributed by atoms with Gasteiger partial charge in [0.15, 0.2) is 0 Å². The molecule has 13 heavy (non-hydrogen) atoms. The number of rotatable bonds is 6. The van der Waals surface area contributed by atoms with Crippen molar-refractivity contribution in [1.82, 2.24) is 5.32 Å².